The van der Waals surface area contributed by atoms with Crippen LogP contribution >= 0.6 is 23.1 Å². The third-order valence-electron chi connectivity index (χ3n) is 3.68. The predicted octanol–water partition coefficient (Wildman–Crippen LogP) is 5.14. The molecule has 0 spiro atoms. The van der Waals surface area contributed by atoms with Crippen LogP contribution in [-0.4, -0.2) is 28.1 Å². The highest BCUT2D eigenvalue weighted by Gasteiger charge is 2.15. The summed E-state index contributed by atoms with van der Waals surface area (Å²) in [5, 5.41) is 4.16. The van der Waals surface area contributed by atoms with Crippen molar-refractivity contribution in [3.8, 4) is 16.9 Å². The number of fused-ring (bicyclic) bond motifs is 1. The van der Waals surface area contributed by atoms with E-state index < -0.39 is 0 Å². The summed E-state index contributed by atoms with van der Waals surface area (Å²) in [7, 11) is 0. The molecule has 2 aromatic heterocycles. The van der Waals surface area contributed by atoms with Gasteiger partial charge in [0.1, 0.15) is 27.2 Å². The number of benzene rings is 1. The molecule has 0 aliphatic rings. The Morgan fingerprint density at radius 1 is 1.24 bits per heavy atom. The summed E-state index contributed by atoms with van der Waals surface area (Å²) in [6.07, 6.45) is 0.553. The van der Waals surface area contributed by atoms with Crippen LogP contribution in [0.3, 0.4) is 0 Å². The van der Waals surface area contributed by atoms with E-state index in [-0.39, 0.29) is 5.78 Å². The highest BCUT2D eigenvalue weighted by molar-refractivity contribution is 7.99. The number of thiophene rings is 1. The lowest BCUT2D eigenvalue weighted by atomic mass is 10.1. The largest absolute Gasteiger partial charge is 0.494 e. The summed E-state index contributed by atoms with van der Waals surface area (Å²) >= 11 is 3.26. The zero-order valence-corrected chi connectivity index (χ0v) is 16.2. The van der Waals surface area contributed by atoms with E-state index in [9.17, 15) is 4.79 Å². The Balaban J connectivity index is 1.99. The second kappa shape index (κ2) is 7.97. The summed E-state index contributed by atoms with van der Waals surface area (Å²) < 4.78 is 5.52. The van der Waals surface area contributed by atoms with Crippen LogP contribution in [0.1, 0.15) is 26.1 Å². The molecular weight excluding hydrogens is 352 g/mol. The van der Waals surface area contributed by atoms with Gasteiger partial charge in [0.25, 0.3) is 0 Å². The van der Waals surface area contributed by atoms with Crippen molar-refractivity contribution >= 4 is 39.1 Å². The van der Waals surface area contributed by atoms with Crippen molar-refractivity contribution in [3.05, 3.63) is 35.5 Å². The quantitative estimate of drug-likeness (QED) is 0.425. The lowest BCUT2D eigenvalue weighted by Gasteiger charge is -2.07. The van der Waals surface area contributed by atoms with Crippen molar-refractivity contribution in [2.75, 3.05) is 12.4 Å². The van der Waals surface area contributed by atoms with Gasteiger partial charge in [-0.05, 0) is 38.5 Å². The van der Waals surface area contributed by atoms with Crippen LogP contribution < -0.4 is 4.74 Å². The molecule has 0 aliphatic carbocycles. The first kappa shape index (κ1) is 17.9. The molecule has 0 atom stereocenters. The predicted molar refractivity (Wildman–Crippen MR) is 105 cm³/mol. The number of ketones is 1. The van der Waals surface area contributed by atoms with E-state index in [1.54, 1.807) is 30.0 Å². The first-order valence-electron chi connectivity index (χ1n) is 8.19. The van der Waals surface area contributed by atoms with Gasteiger partial charge in [0, 0.05) is 23.1 Å². The van der Waals surface area contributed by atoms with Crippen molar-refractivity contribution in [2.24, 2.45) is 0 Å². The molecule has 2 heterocycles. The van der Waals surface area contributed by atoms with Gasteiger partial charge in [-0.2, -0.15) is 0 Å². The maximum absolute atomic E-state index is 11.2. The first-order valence-corrected chi connectivity index (χ1v) is 10.1. The number of carbonyl (C=O) groups is 1. The maximum atomic E-state index is 11.2. The Morgan fingerprint density at radius 2 is 2.00 bits per heavy atom. The van der Waals surface area contributed by atoms with E-state index in [0.717, 1.165) is 43.7 Å². The molecule has 130 valence electrons. The minimum absolute atomic E-state index is 0.201. The second-order valence-electron chi connectivity index (χ2n) is 5.66. The fraction of sp³-hybridized carbons (Fsp3) is 0.316. The number of ether oxygens (including phenoxy) is 1. The SMILES string of the molecule is CCOc1ccc(-c2csc3nc(C)nc(SCCC(C)=O)c23)cc1. The topological polar surface area (TPSA) is 52.1 Å². The van der Waals surface area contributed by atoms with Crippen LogP contribution in [-0.2, 0) is 4.79 Å². The number of rotatable bonds is 7. The molecular formula is C19H20N2O2S2. The number of thioether (sulfide) groups is 1. The number of Topliss-reactive ketones (excluding diaryl/α,β-unsaturated/α-hetero) is 1. The molecule has 0 saturated carbocycles. The summed E-state index contributed by atoms with van der Waals surface area (Å²) in [5.74, 6) is 2.57. The number of carbonyl (C=O) groups excluding carboxylic acids is 1. The van der Waals surface area contributed by atoms with Gasteiger partial charge < -0.3 is 4.74 Å². The molecule has 0 saturated heterocycles. The molecule has 0 aliphatic heterocycles. The lowest BCUT2D eigenvalue weighted by molar-refractivity contribution is -0.116. The third-order valence-corrected chi connectivity index (χ3v) is 5.53. The van der Waals surface area contributed by atoms with E-state index in [4.69, 9.17) is 4.74 Å². The van der Waals surface area contributed by atoms with Crippen molar-refractivity contribution in [1.29, 1.82) is 0 Å². The fourth-order valence-corrected chi connectivity index (χ4v) is 4.71. The highest BCUT2D eigenvalue weighted by Crippen LogP contribution is 2.38. The normalized spacial score (nSPS) is 11.0. The van der Waals surface area contributed by atoms with Crippen LogP contribution in [0.25, 0.3) is 21.3 Å². The molecule has 1 aromatic carbocycles. The molecule has 6 heteroatoms. The summed E-state index contributed by atoms with van der Waals surface area (Å²) in [4.78, 5) is 21.4. The van der Waals surface area contributed by atoms with E-state index in [2.05, 4.69) is 27.5 Å². The van der Waals surface area contributed by atoms with Gasteiger partial charge in [-0.15, -0.1) is 23.1 Å². The molecule has 3 rings (SSSR count). The Morgan fingerprint density at radius 3 is 2.68 bits per heavy atom. The Labute approximate surface area is 155 Å². The van der Waals surface area contributed by atoms with Crippen LogP contribution in [0.4, 0.5) is 0 Å². The minimum Gasteiger partial charge on any atom is -0.494 e. The molecule has 0 N–H and O–H groups in total. The standard InChI is InChI=1S/C19H20N2O2S2/c1-4-23-15-7-5-14(6-8-15)16-11-25-19-17(16)18(20-13(3)21-19)24-10-9-12(2)22/h5-8,11H,4,9-10H2,1-3H3. The average Bonchev–Trinajstić information content (AvgIpc) is 2.99. The summed E-state index contributed by atoms with van der Waals surface area (Å²) in [6.45, 7) is 6.16. The van der Waals surface area contributed by atoms with Crippen molar-refractivity contribution in [3.63, 3.8) is 0 Å². The zero-order valence-electron chi connectivity index (χ0n) is 14.5. The van der Waals surface area contributed by atoms with Gasteiger partial charge in [0.15, 0.2) is 0 Å². The molecule has 4 nitrogen and oxygen atoms in total. The van der Waals surface area contributed by atoms with Crippen LogP contribution in [0.5, 0.6) is 5.75 Å². The van der Waals surface area contributed by atoms with E-state index >= 15 is 0 Å². The van der Waals surface area contributed by atoms with E-state index in [0.29, 0.717) is 13.0 Å². The van der Waals surface area contributed by atoms with Gasteiger partial charge in [0.2, 0.25) is 0 Å². The minimum atomic E-state index is 0.201. The molecule has 0 amide bonds. The number of aromatic nitrogens is 2. The number of hydrogen-bond donors (Lipinski definition) is 0. The van der Waals surface area contributed by atoms with Crippen molar-refractivity contribution in [2.45, 2.75) is 32.2 Å². The summed E-state index contributed by atoms with van der Waals surface area (Å²) in [5.41, 5.74) is 2.25. The van der Waals surface area contributed by atoms with Crippen molar-refractivity contribution in [1.82, 2.24) is 9.97 Å². The van der Waals surface area contributed by atoms with Crippen LogP contribution in [0.15, 0.2) is 34.7 Å². The first-order chi connectivity index (χ1) is 12.1. The third kappa shape index (κ3) is 4.19. The van der Waals surface area contributed by atoms with E-state index in [1.807, 2.05) is 26.0 Å². The van der Waals surface area contributed by atoms with Gasteiger partial charge >= 0.3 is 0 Å². The molecule has 0 radical (unpaired) electrons. The van der Waals surface area contributed by atoms with Gasteiger partial charge in [-0.3, -0.25) is 4.79 Å². The smallest absolute Gasteiger partial charge is 0.130 e. The lowest BCUT2D eigenvalue weighted by Crippen LogP contribution is -1.95. The van der Waals surface area contributed by atoms with Gasteiger partial charge in [-0.25, -0.2) is 9.97 Å². The molecule has 25 heavy (non-hydrogen) atoms. The zero-order chi connectivity index (χ0) is 17.8. The Kier molecular flexibility index (Phi) is 5.71. The molecule has 0 fully saturated rings. The van der Waals surface area contributed by atoms with Crippen LogP contribution in [0, 0.1) is 6.92 Å². The van der Waals surface area contributed by atoms with Gasteiger partial charge in [0.05, 0.1) is 12.0 Å². The number of aryl methyl sites for hydroxylation is 1. The summed E-state index contributed by atoms with van der Waals surface area (Å²) in [6, 6.07) is 8.10. The fourth-order valence-electron chi connectivity index (χ4n) is 2.52. The molecule has 0 bridgehead atoms. The van der Waals surface area contributed by atoms with E-state index in [1.165, 1.54) is 0 Å². The molecule has 3 aromatic rings. The Bertz CT molecular complexity index is 888. The second-order valence-corrected chi connectivity index (χ2v) is 7.61. The van der Waals surface area contributed by atoms with Gasteiger partial charge in [-0.1, -0.05) is 12.1 Å². The van der Waals surface area contributed by atoms with Crippen molar-refractivity contribution < 1.29 is 9.53 Å². The maximum Gasteiger partial charge on any atom is 0.130 e. The van der Waals surface area contributed by atoms with Crippen LogP contribution in [0.2, 0.25) is 0 Å². The number of hydrogen-bond acceptors (Lipinski definition) is 6. The monoisotopic (exact) mass is 372 g/mol. The average molecular weight is 373 g/mol. The Hall–Kier alpha value is -1.92. The molecule has 0 unspecified atom stereocenters. The highest BCUT2D eigenvalue weighted by atomic mass is 32.2. The number of nitrogens with zero attached hydrogens (tertiary/aromatic N) is 2.